The molecule has 76 valence electrons. The third-order valence-corrected chi connectivity index (χ3v) is 1.68. The molecule has 1 aromatic rings. The van der Waals surface area contributed by atoms with Gasteiger partial charge in [0.15, 0.2) is 0 Å². The van der Waals surface area contributed by atoms with Gasteiger partial charge in [0.1, 0.15) is 5.75 Å². The monoisotopic (exact) mass is 197 g/mol. The Bertz CT molecular complexity index is 305. The highest BCUT2D eigenvalue weighted by atomic mass is 16.6. The lowest BCUT2D eigenvalue weighted by atomic mass is 10.2. The van der Waals surface area contributed by atoms with E-state index in [-0.39, 0.29) is 0 Å². The molecule has 1 heterocycles. The summed E-state index contributed by atoms with van der Waals surface area (Å²) in [7, 11) is -0.307. The van der Waals surface area contributed by atoms with Crippen LogP contribution in [0.2, 0.25) is 0 Å². The molecule has 6 heteroatoms. The van der Waals surface area contributed by atoms with Crippen LogP contribution < -0.4 is 9.39 Å². The minimum Gasteiger partial charge on any atom is -0.510 e. The summed E-state index contributed by atoms with van der Waals surface area (Å²) in [4.78, 5) is 4.09. The standard InChI is InChI=1S/C8H12BNO4/c1-3-6-7(14-9(11)12)4-5-8(10-6)13-2/h4-5,11-12H,3H2,1-2H3. The summed E-state index contributed by atoms with van der Waals surface area (Å²) in [6.45, 7) is 1.89. The largest absolute Gasteiger partial charge is 0.707 e. The predicted octanol–water partition coefficient (Wildman–Crippen LogP) is 0.000900. The summed E-state index contributed by atoms with van der Waals surface area (Å²) in [5, 5.41) is 17.3. The molecule has 0 fully saturated rings. The highest BCUT2D eigenvalue weighted by Crippen LogP contribution is 2.20. The van der Waals surface area contributed by atoms with Gasteiger partial charge in [0, 0.05) is 6.07 Å². The molecule has 14 heavy (non-hydrogen) atoms. The molecular formula is C8H12BNO4. The van der Waals surface area contributed by atoms with E-state index >= 15 is 0 Å². The first-order valence-electron chi connectivity index (χ1n) is 4.24. The van der Waals surface area contributed by atoms with Crippen molar-refractivity contribution in [1.82, 2.24) is 4.98 Å². The third-order valence-electron chi connectivity index (χ3n) is 1.68. The molecule has 0 spiro atoms. The van der Waals surface area contributed by atoms with Crippen LogP contribution in [0.4, 0.5) is 0 Å². The minimum atomic E-state index is -1.82. The Morgan fingerprint density at radius 3 is 2.64 bits per heavy atom. The molecule has 0 aliphatic heterocycles. The van der Waals surface area contributed by atoms with Gasteiger partial charge in [0.2, 0.25) is 5.88 Å². The van der Waals surface area contributed by atoms with Gasteiger partial charge in [-0.2, -0.15) is 0 Å². The molecule has 0 atom stereocenters. The number of ether oxygens (including phenoxy) is 1. The zero-order valence-corrected chi connectivity index (χ0v) is 8.10. The van der Waals surface area contributed by atoms with Crippen molar-refractivity contribution in [2.75, 3.05) is 7.11 Å². The maximum absolute atomic E-state index is 8.63. The number of aryl methyl sites for hydroxylation is 1. The average molecular weight is 197 g/mol. The Balaban J connectivity index is 2.93. The van der Waals surface area contributed by atoms with Gasteiger partial charge in [0.05, 0.1) is 12.8 Å². The number of methoxy groups -OCH3 is 1. The molecule has 0 aliphatic rings. The predicted molar refractivity (Wildman–Crippen MR) is 51.0 cm³/mol. The Labute approximate surface area is 82.5 Å². The van der Waals surface area contributed by atoms with Gasteiger partial charge in [-0.3, -0.25) is 0 Å². The number of pyridine rings is 1. The van der Waals surface area contributed by atoms with Crippen molar-refractivity contribution in [3.63, 3.8) is 0 Å². The van der Waals surface area contributed by atoms with Crippen molar-refractivity contribution < 1.29 is 19.4 Å². The molecular weight excluding hydrogens is 185 g/mol. The summed E-state index contributed by atoms with van der Waals surface area (Å²) in [6.07, 6.45) is 0.624. The Hall–Kier alpha value is -1.27. The number of aromatic nitrogens is 1. The van der Waals surface area contributed by atoms with E-state index in [0.717, 1.165) is 0 Å². The van der Waals surface area contributed by atoms with Crippen LogP contribution in [0, 0.1) is 0 Å². The molecule has 0 aliphatic carbocycles. The van der Waals surface area contributed by atoms with Gasteiger partial charge < -0.3 is 19.4 Å². The van der Waals surface area contributed by atoms with Crippen molar-refractivity contribution in [2.24, 2.45) is 0 Å². The first-order valence-corrected chi connectivity index (χ1v) is 4.24. The molecule has 0 radical (unpaired) electrons. The van der Waals surface area contributed by atoms with E-state index < -0.39 is 7.32 Å². The normalized spacial score (nSPS) is 9.71. The molecule has 2 N–H and O–H groups in total. The van der Waals surface area contributed by atoms with Crippen LogP contribution in [0.5, 0.6) is 11.6 Å². The first-order chi connectivity index (χ1) is 6.67. The molecule has 0 unspecified atom stereocenters. The van der Waals surface area contributed by atoms with Crippen molar-refractivity contribution in [1.29, 1.82) is 0 Å². The topological polar surface area (TPSA) is 71.8 Å². The second-order valence-corrected chi connectivity index (χ2v) is 2.60. The van der Waals surface area contributed by atoms with E-state index in [4.69, 9.17) is 19.4 Å². The maximum atomic E-state index is 8.63. The van der Waals surface area contributed by atoms with Crippen molar-refractivity contribution >= 4 is 7.32 Å². The lowest BCUT2D eigenvalue weighted by molar-refractivity contribution is 0.285. The van der Waals surface area contributed by atoms with Crippen LogP contribution in [0.1, 0.15) is 12.6 Å². The minimum absolute atomic E-state index is 0.350. The second-order valence-electron chi connectivity index (χ2n) is 2.60. The lowest BCUT2D eigenvalue weighted by Gasteiger charge is -2.09. The van der Waals surface area contributed by atoms with E-state index in [0.29, 0.717) is 23.7 Å². The van der Waals surface area contributed by atoms with Crippen LogP contribution >= 0.6 is 0 Å². The molecule has 0 bridgehead atoms. The van der Waals surface area contributed by atoms with Gasteiger partial charge in [-0.15, -0.1) is 0 Å². The lowest BCUT2D eigenvalue weighted by Crippen LogP contribution is -2.21. The number of rotatable bonds is 4. The average Bonchev–Trinajstić information content (AvgIpc) is 2.17. The van der Waals surface area contributed by atoms with E-state index in [2.05, 4.69) is 4.98 Å². The first kappa shape index (κ1) is 10.8. The second kappa shape index (κ2) is 4.83. The smallest absolute Gasteiger partial charge is 0.510 e. The molecule has 1 aromatic heterocycles. The quantitative estimate of drug-likeness (QED) is 0.664. The summed E-state index contributed by atoms with van der Waals surface area (Å²) < 4.78 is 9.65. The van der Waals surface area contributed by atoms with Crippen molar-refractivity contribution in [2.45, 2.75) is 13.3 Å². The highest BCUT2D eigenvalue weighted by Gasteiger charge is 2.14. The fourth-order valence-corrected chi connectivity index (χ4v) is 1.06. The SMILES string of the molecule is CCc1nc(OC)ccc1OB(O)O. The summed E-state index contributed by atoms with van der Waals surface area (Å²) in [6, 6.07) is 3.18. The van der Waals surface area contributed by atoms with Gasteiger partial charge in [0.25, 0.3) is 0 Å². The maximum Gasteiger partial charge on any atom is 0.707 e. The van der Waals surface area contributed by atoms with Crippen molar-refractivity contribution in [3.8, 4) is 11.6 Å². The van der Waals surface area contributed by atoms with Crippen LogP contribution in [0.15, 0.2) is 12.1 Å². The zero-order chi connectivity index (χ0) is 10.6. The Kier molecular flexibility index (Phi) is 3.73. The van der Waals surface area contributed by atoms with E-state index in [9.17, 15) is 0 Å². The summed E-state index contributed by atoms with van der Waals surface area (Å²) >= 11 is 0. The molecule has 0 amide bonds. The van der Waals surface area contributed by atoms with Crippen molar-refractivity contribution in [3.05, 3.63) is 17.8 Å². The highest BCUT2D eigenvalue weighted by molar-refractivity contribution is 6.33. The molecule has 5 nitrogen and oxygen atoms in total. The number of nitrogens with zero attached hydrogens (tertiary/aromatic N) is 1. The summed E-state index contributed by atoms with van der Waals surface area (Å²) in [5.41, 5.74) is 0.623. The van der Waals surface area contributed by atoms with Gasteiger partial charge in [-0.25, -0.2) is 4.98 Å². The van der Waals surface area contributed by atoms with E-state index in [1.54, 1.807) is 12.1 Å². The fraction of sp³-hybridized carbons (Fsp3) is 0.375. The molecule has 0 aromatic carbocycles. The van der Waals surface area contributed by atoms with Gasteiger partial charge in [-0.1, -0.05) is 6.92 Å². The fourth-order valence-electron chi connectivity index (χ4n) is 1.06. The van der Waals surface area contributed by atoms with E-state index in [1.165, 1.54) is 7.11 Å². The van der Waals surface area contributed by atoms with Gasteiger partial charge in [-0.05, 0) is 12.5 Å². The van der Waals surface area contributed by atoms with Crippen LogP contribution in [-0.4, -0.2) is 29.5 Å². The van der Waals surface area contributed by atoms with Crippen LogP contribution in [0.3, 0.4) is 0 Å². The molecule has 0 saturated heterocycles. The Morgan fingerprint density at radius 1 is 1.43 bits per heavy atom. The van der Waals surface area contributed by atoms with Crippen LogP contribution in [-0.2, 0) is 6.42 Å². The number of hydrogen-bond acceptors (Lipinski definition) is 5. The van der Waals surface area contributed by atoms with Gasteiger partial charge >= 0.3 is 7.32 Å². The molecule has 0 saturated carbocycles. The third kappa shape index (κ3) is 2.61. The number of hydrogen-bond donors (Lipinski definition) is 2. The van der Waals surface area contributed by atoms with E-state index in [1.807, 2.05) is 6.92 Å². The zero-order valence-electron chi connectivity index (χ0n) is 8.10. The molecule has 1 rings (SSSR count). The summed E-state index contributed by atoms with van der Waals surface area (Å²) in [5.74, 6) is 0.824. The Morgan fingerprint density at radius 2 is 2.14 bits per heavy atom. The van der Waals surface area contributed by atoms with Crippen LogP contribution in [0.25, 0.3) is 0 Å².